The molecule has 0 saturated heterocycles. The fourth-order valence-electron chi connectivity index (χ4n) is 2.58. The van der Waals surface area contributed by atoms with Gasteiger partial charge in [0.05, 0.1) is 0 Å². The van der Waals surface area contributed by atoms with Crippen LogP contribution >= 0.6 is 12.4 Å². The topological polar surface area (TPSA) is 134 Å². The molecule has 164 valence electrons. The monoisotopic (exact) mass is 432 g/mol. The number of halogens is 1. The van der Waals surface area contributed by atoms with Gasteiger partial charge in [0.25, 0.3) is 0 Å². The molecule has 1 rings (SSSR count). The van der Waals surface area contributed by atoms with Crippen LogP contribution in [0.2, 0.25) is 0 Å². The normalized spacial score (nSPS) is 13.7. The van der Waals surface area contributed by atoms with Crippen molar-refractivity contribution in [2.24, 2.45) is 5.92 Å². The molecule has 10 heteroatoms. The highest BCUT2D eigenvalue weighted by molar-refractivity contribution is 5.85. The lowest BCUT2D eigenvalue weighted by molar-refractivity contribution is -0.171. The molecular weight excluding hydrogens is 404 g/mol. The number of rotatable bonds is 12. The van der Waals surface area contributed by atoms with Crippen LogP contribution in [0, 0.1) is 5.92 Å². The van der Waals surface area contributed by atoms with E-state index in [9.17, 15) is 24.6 Å². The van der Waals surface area contributed by atoms with E-state index in [0.717, 1.165) is 5.56 Å². The van der Waals surface area contributed by atoms with Crippen molar-refractivity contribution in [3.05, 3.63) is 35.9 Å². The number of amides is 1. The van der Waals surface area contributed by atoms with Gasteiger partial charge in [0.2, 0.25) is 5.72 Å². The highest BCUT2D eigenvalue weighted by Gasteiger charge is 2.42. The molecule has 1 amide bonds. The predicted molar refractivity (Wildman–Crippen MR) is 108 cm³/mol. The van der Waals surface area contributed by atoms with E-state index in [2.05, 4.69) is 10.6 Å². The number of benzene rings is 1. The minimum Gasteiger partial charge on any atom is -0.480 e. The van der Waals surface area contributed by atoms with Crippen LogP contribution in [0.5, 0.6) is 0 Å². The van der Waals surface area contributed by atoms with E-state index in [4.69, 9.17) is 9.47 Å². The maximum absolute atomic E-state index is 11.8. The number of carbonyl (C=O) groups excluding carboxylic acids is 1. The first kappa shape index (κ1) is 26.6. The molecule has 0 bridgehead atoms. The highest BCUT2D eigenvalue weighted by atomic mass is 35.5. The number of nitrogens with one attached hydrogen (secondary N) is 2. The summed E-state index contributed by atoms with van der Waals surface area (Å²) in [4.78, 5) is 35.0. The maximum Gasteiger partial charge on any atom is 0.407 e. The molecule has 0 aliphatic rings. The number of aliphatic carboxylic acids is 2. The van der Waals surface area contributed by atoms with Crippen LogP contribution in [-0.2, 0) is 25.7 Å². The lowest BCUT2D eigenvalue weighted by Crippen LogP contribution is -2.60. The molecule has 4 N–H and O–H groups in total. The molecule has 0 aliphatic carbocycles. The summed E-state index contributed by atoms with van der Waals surface area (Å²) >= 11 is 0. The number of hydrogen-bond donors (Lipinski definition) is 4. The lowest BCUT2D eigenvalue weighted by Gasteiger charge is -2.32. The van der Waals surface area contributed by atoms with Gasteiger partial charge in [-0.1, -0.05) is 44.2 Å². The van der Waals surface area contributed by atoms with E-state index in [-0.39, 0.29) is 44.3 Å². The number of carboxylic acids is 2. The van der Waals surface area contributed by atoms with Crippen LogP contribution in [0.25, 0.3) is 0 Å². The smallest absolute Gasteiger partial charge is 0.407 e. The zero-order chi connectivity index (χ0) is 21.2. The summed E-state index contributed by atoms with van der Waals surface area (Å²) < 4.78 is 10.2. The highest BCUT2D eigenvalue weighted by Crippen LogP contribution is 2.16. The van der Waals surface area contributed by atoms with Gasteiger partial charge < -0.3 is 25.0 Å². The van der Waals surface area contributed by atoms with Crippen LogP contribution in [0.15, 0.2) is 30.3 Å². The summed E-state index contributed by atoms with van der Waals surface area (Å²) in [5, 5.41) is 23.9. The van der Waals surface area contributed by atoms with E-state index >= 15 is 0 Å². The number of carboxylic acid groups (broad SMARTS) is 2. The molecule has 0 unspecified atom stereocenters. The van der Waals surface area contributed by atoms with Gasteiger partial charge in [-0.05, 0) is 17.9 Å². The summed E-state index contributed by atoms with van der Waals surface area (Å²) in [6, 6.07) is 7.98. The van der Waals surface area contributed by atoms with Crippen molar-refractivity contribution in [1.29, 1.82) is 0 Å². The zero-order valence-corrected chi connectivity index (χ0v) is 17.5. The summed E-state index contributed by atoms with van der Waals surface area (Å²) in [5.41, 5.74) is -1.14. The van der Waals surface area contributed by atoms with E-state index in [1.165, 1.54) is 7.11 Å². The standard InChI is InChI=1S/C19H28N2O7.ClH/c1-13(2)11-15(16(22)23)21-19(27-3,17(24)25)9-10-20-18(26)28-12-14-7-5-4-6-8-14;/h4-8,13,15,21H,9-12H2,1-3H3,(H,20,26)(H,22,23)(H,24,25);1H/t15-,19+;/m0./s1. The fourth-order valence-corrected chi connectivity index (χ4v) is 2.58. The first-order valence-electron chi connectivity index (χ1n) is 8.93. The van der Waals surface area contributed by atoms with Gasteiger partial charge >= 0.3 is 18.0 Å². The van der Waals surface area contributed by atoms with Crippen LogP contribution < -0.4 is 10.6 Å². The van der Waals surface area contributed by atoms with Crippen LogP contribution in [-0.4, -0.2) is 53.7 Å². The molecule has 0 fully saturated rings. The summed E-state index contributed by atoms with van der Waals surface area (Å²) in [6.07, 6.45) is -0.683. The quantitative estimate of drug-likeness (QED) is 0.369. The van der Waals surface area contributed by atoms with Crippen molar-refractivity contribution in [2.75, 3.05) is 13.7 Å². The number of hydrogen-bond acceptors (Lipinski definition) is 6. The van der Waals surface area contributed by atoms with Crippen LogP contribution in [0.3, 0.4) is 0 Å². The van der Waals surface area contributed by atoms with Crippen molar-refractivity contribution in [3.8, 4) is 0 Å². The van der Waals surface area contributed by atoms with E-state index in [1.54, 1.807) is 12.1 Å². The van der Waals surface area contributed by atoms with Gasteiger partial charge in [0, 0.05) is 20.1 Å². The Hall–Kier alpha value is -2.36. The Bertz CT molecular complexity index is 657. The molecule has 9 nitrogen and oxygen atoms in total. The Kier molecular flexibility index (Phi) is 11.9. The van der Waals surface area contributed by atoms with Gasteiger partial charge in [-0.2, -0.15) is 0 Å². The third-order valence-corrected chi connectivity index (χ3v) is 4.07. The molecule has 0 radical (unpaired) electrons. The van der Waals surface area contributed by atoms with Gasteiger partial charge in [-0.3, -0.25) is 10.1 Å². The zero-order valence-electron chi connectivity index (χ0n) is 16.7. The Morgan fingerprint density at radius 2 is 1.76 bits per heavy atom. The number of methoxy groups -OCH3 is 1. The predicted octanol–water partition coefficient (Wildman–Crippen LogP) is 2.24. The molecule has 1 aromatic rings. The molecule has 0 spiro atoms. The van der Waals surface area contributed by atoms with E-state index in [1.807, 2.05) is 32.0 Å². The average molecular weight is 433 g/mol. The molecule has 0 heterocycles. The third kappa shape index (κ3) is 9.12. The van der Waals surface area contributed by atoms with Gasteiger partial charge in [-0.15, -0.1) is 12.4 Å². The van der Waals surface area contributed by atoms with Crippen molar-refractivity contribution in [2.45, 2.75) is 45.1 Å². The molecule has 0 aliphatic heterocycles. The number of carbonyl (C=O) groups is 3. The lowest BCUT2D eigenvalue weighted by atomic mass is 10.0. The van der Waals surface area contributed by atoms with Crippen molar-refractivity contribution < 1.29 is 34.1 Å². The van der Waals surface area contributed by atoms with Gasteiger partial charge in [0.15, 0.2) is 0 Å². The SMILES string of the molecule is CO[C@@](CCNC(=O)OCc1ccccc1)(N[C@@H](CC(C)C)C(=O)O)C(=O)O.Cl. The van der Waals surface area contributed by atoms with Crippen molar-refractivity contribution in [1.82, 2.24) is 10.6 Å². The molecule has 2 atom stereocenters. The van der Waals surface area contributed by atoms with Crippen molar-refractivity contribution in [3.63, 3.8) is 0 Å². The number of ether oxygens (including phenoxy) is 2. The molecule has 1 aromatic carbocycles. The minimum absolute atomic E-state index is 0. The number of alkyl carbamates (subject to hydrolysis) is 1. The minimum atomic E-state index is -1.95. The third-order valence-electron chi connectivity index (χ3n) is 4.07. The van der Waals surface area contributed by atoms with Gasteiger partial charge in [-0.25, -0.2) is 9.59 Å². The second-order valence-electron chi connectivity index (χ2n) is 6.74. The molecule has 29 heavy (non-hydrogen) atoms. The fraction of sp³-hybridized carbons (Fsp3) is 0.526. The summed E-state index contributed by atoms with van der Waals surface area (Å²) in [7, 11) is 1.17. The Morgan fingerprint density at radius 1 is 1.14 bits per heavy atom. The molecule has 0 aromatic heterocycles. The summed E-state index contributed by atoms with van der Waals surface area (Å²) in [5.74, 6) is -2.51. The van der Waals surface area contributed by atoms with Crippen LogP contribution in [0.4, 0.5) is 4.79 Å². The molecular formula is C19H29ClN2O7. The Balaban J connectivity index is 0.00000784. The molecule has 0 saturated carbocycles. The first-order valence-corrected chi connectivity index (χ1v) is 8.93. The van der Waals surface area contributed by atoms with E-state index < -0.39 is 29.8 Å². The van der Waals surface area contributed by atoms with Crippen LogP contribution in [0.1, 0.15) is 32.3 Å². The largest absolute Gasteiger partial charge is 0.480 e. The van der Waals surface area contributed by atoms with Gasteiger partial charge in [0.1, 0.15) is 12.6 Å². The Labute approximate surface area is 176 Å². The first-order chi connectivity index (χ1) is 13.2. The second-order valence-corrected chi connectivity index (χ2v) is 6.74. The Morgan fingerprint density at radius 3 is 2.24 bits per heavy atom. The van der Waals surface area contributed by atoms with Crippen molar-refractivity contribution >= 4 is 30.4 Å². The average Bonchev–Trinajstić information content (AvgIpc) is 2.65. The maximum atomic E-state index is 11.8. The second kappa shape index (κ2) is 13.0. The summed E-state index contributed by atoms with van der Waals surface area (Å²) in [6.45, 7) is 3.65. The van der Waals surface area contributed by atoms with E-state index in [0.29, 0.717) is 0 Å².